The number of ether oxygens (including phenoxy) is 2. The molecule has 1 aromatic heterocycles. The minimum Gasteiger partial charge on any atom is -0.382 e. The maximum Gasteiger partial charge on any atom is 0.273 e. The van der Waals surface area contributed by atoms with Crippen molar-refractivity contribution < 1.29 is 18.8 Å². The van der Waals surface area contributed by atoms with Gasteiger partial charge in [0.25, 0.3) is 5.91 Å². The van der Waals surface area contributed by atoms with Crippen molar-refractivity contribution in [3.63, 3.8) is 0 Å². The Morgan fingerprint density at radius 1 is 1.23 bits per heavy atom. The Kier molecular flexibility index (Phi) is 6.60. The molecule has 0 saturated carbocycles. The van der Waals surface area contributed by atoms with E-state index in [4.69, 9.17) is 14.0 Å². The zero-order valence-electron chi connectivity index (χ0n) is 12.6. The maximum absolute atomic E-state index is 11.9. The molecular weight excluding hydrogens is 284 g/mol. The number of nitrogens with one attached hydrogen (secondary N) is 1. The number of aromatic nitrogens is 1. The average molecular weight is 304 g/mol. The number of carbonyl (C=O) groups is 1. The molecule has 2 aromatic rings. The highest BCUT2D eigenvalue weighted by atomic mass is 16.5. The minimum atomic E-state index is -0.247. The van der Waals surface area contributed by atoms with E-state index in [0.717, 1.165) is 12.0 Å². The lowest BCUT2D eigenvalue weighted by Crippen LogP contribution is -2.25. The van der Waals surface area contributed by atoms with Crippen LogP contribution in [0.2, 0.25) is 0 Å². The van der Waals surface area contributed by atoms with E-state index >= 15 is 0 Å². The van der Waals surface area contributed by atoms with Gasteiger partial charge in [-0.1, -0.05) is 35.5 Å². The van der Waals surface area contributed by atoms with Crippen molar-refractivity contribution >= 4 is 5.91 Å². The van der Waals surface area contributed by atoms with Crippen molar-refractivity contribution in [3.8, 4) is 11.3 Å². The fourth-order valence-corrected chi connectivity index (χ4v) is 1.83. The van der Waals surface area contributed by atoms with Crippen molar-refractivity contribution in [1.82, 2.24) is 10.5 Å². The number of carbonyl (C=O) groups excluding carboxylic acids is 1. The molecular formula is C16H20N2O4. The minimum absolute atomic E-state index is 0.247. The Labute approximate surface area is 129 Å². The molecule has 118 valence electrons. The van der Waals surface area contributed by atoms with Gasteiger partial charge in [-0.3, -0.25) is 4.79 Å². The van der Waals surface area contributed by atoms with E-state index in [1.807, 2.05) is 30.3 Å². The van der Waals surface area contributed by atoms with Gasteiger partial charge in [-0.05, 0) is 6.42 Å². The topological polar surface area (TPSA) is 73.6 Å². The van der Waals surface area contributed by atoms with Gasteiger partial charge < -0.3 is 19.3 Å². The molecule has 1 N–H and O–H groups in total. The van der Waals surface area contributed by atoms with Crippen LogP contribution in [0.25, 0.3) is 11.3 Å². The van der Waals surface area contributed by atoms with Gasteiger partial charge in [0.05, 0.1) is 13.2 Å². The van der Waals surface area contributed by atoms with E-state index in [9.17, 15) is 4.79 Å². The monoisotopic (exact) mass is 304 g/mol. The lowest BCUT2D eigenvalue weighted by Gasteiger charge is -2.04. The molecule has 1 aromatic carbocycles. The predicted molar refractivity (Wildman–Crippen MR) is 81.6 cm³/mol. The molecule has 22 heavy (non-hydrogen) atoms. The summed E-state index contributed by atoms with van der Waals surface area (Å²) < 4.78 is 15.4. The quantitative estimate of drug-likeness (QED) is 0.718. The van der Waals surface area contributed by atoms with Gasteiger partial charge in [0.2, 0.25) is 0 Å². The molecule has 2 rings (SSSR count). The Morgan fingerprint density at radius 3 is 2.82 bits per heavy atom. The number of methoxy groups -OCH3 is 1. The summed E-state index contributed by atoms with van der Waals surface area (Å²) in [5.74, 6) is 0.330. The zero-order valence-corrected chi connectivity index (χ0v) is 12.6. The van der Waals surface area contributed by atoms with Crippen molar-refractivity contribution in [2.45, 2.75) is 6.42 Å². The first-order valence-electron chi connectivity index (χ1n) is 7.18. The summed E-state index contributed by atoms with van der Waals surface area (Å²) in [6.45, 7) is 2.25. The average Bonchev–Trinajstić information content (AvgIpc) is 3.05. The standard InChI is InChI=1S/C16H20N2O4/c1-20-10-11-21-9-5-8-17-16(19)14-12-15(22-18-14)13-6-3-2-4-7-13/h2-4,6-7,12H,5,8-11H2,1H3,(H,17,19). The number of amides is 1. The number of nitrogens with zero attached hydrogens (tertiary/aromatic N) is 1. The third-order valence-electron chi connectivity index (χ3n) is 2.98. The molecule has 0 unspecified atom stereocenters. The van der Waals surface area contributed by atoms with Gasteiger partial charge in [-0.2, -0.15) is 0 Å². The van der Waals surface area contributed by atoms with E-state index in [-0.39, 0.29) is 11.6 Å². The molecule has 0 saturated heterocycles. The van der Waals surface area contributed by atoms with Crippen LogP contribution in [0.4, 0.5) is 0 Å². The number of hydrogen-bond acceptors (Lipinski definition) is 5. The fraction of sp³-hybridized carbons (Fsp3) is 0.375. The molecule has 0 spiro atoms. The number of benzene rings is 1. The normalized spacial score (nSPS) is 10.6. The lowest BCUT2D eigenvalue weighted by atomic mass is 10.1. The molecule has 1 amide bonds. The van der Waals surface area contributed by atoms with Crippen LogP contribution in [0.3, 0.4) is 0 Å². The van der Waals surface area contributed by atoms with Crippen LogP contribution in [-0.4, -0.2) is 44.5 Å². The molecule has 0 aliphatic rings. The SMILES string of the molecule is COCCOCCCNC(=O)c1cc(-c2ccccc2)on1. The molecule has 6 nitrogen and oxygen atoms in total. The summed E-state index contributed by atoms with van der Waals surface area (Å²) in [7, 11) is 1.63. The fourth-order valence-electron chi connectivity index (χ4n) is 1.83. The van der Waals surface area contributed by atoms with Crippen molar-refractivity contribution in [3.05, 3.63) is 42.1 Å². The van der Waals surface area contributed by atoms with Crippen molar-refractivity contribution in [2.75, 3.05) is 33.5 Å². The molecule has 0 radical (unpaired) electrons. The third-order valence-corrected chi connectivity index (χ3v) is 2.98. The second-order valence-corrected chi connectivity index (χ2v) is 4.66. The third kappa shape index (κ3) is 4.98. The Hall–Kier alpha value is -2.18. The zero-order chi connectivity index (χ0) is 15.6. The highest BCUT2D eigenvalue weighted by Gasteiger charge is 2.12. The highest BCUT2D eigenvalue weighted by Crippen LogP contribution is 2.19. The van der Waals surface area contributed by atoms with Crippen LogP contribution in [0.15, 0.2) is 40.9 Å². The molecule has 0 bridgehead atoms. The second kappa shape index (κ2) is 8.96. The largest absolute Gasteiger partial charge is 0.382 e. The first kappa shape index (κ1) is 16.2. The highest BCUT2D eigenvalue weighted by molar-refractivity contribution is 5.93. The van der Waals surface area contributed by atoms with Crippen LogP contribution < -0.4 is 5.32 Å². The summed E-state index contributed by atoms with van der Waals surface area (Å²) in [6, 6.07) is 11.2. The maximum atomic E-state index is 11.9. The smallest absolute Gasteiger partial charge is 0.273 e. The predicted octanol–water partition coefficient (Wildman–Crippen LogP) is 2.12. The summed E-state index contributed by atoms with van der Waals surface area (Å²) in [4.78, 5) is 11.9. The van der Waals surface area contributed by atoms with Crippen LogP contribution in [-0.2, 0) is 9.47 Å². The van der Waals surface area contributed by atoms with Crippen LogP contribution in [0.1, 0.15) is 16.9 Å². The second-order valence-electron chi connectivity index (χ2n) is 4.66. The Bertz CT molecular complexity index is 569. The van der Waals surface area contributed by atoms with Gasteiger partial charge >= 0.3 is 0 Å². The summed E-state index contributed by atoms with van der Waals surface area (Å²) in [5, 5.41) is 6.58. The van der Waals surface area contributed by atoms with E-state index in [1.165, 1.54) is 0 Å². The van der Waals surface area contributed by atoms with Gasteiger partial charge in [0.1, 0.15) is 0 Å². The van der Waals surface area contributed by atoms with E-state index < -0.39 is 0 Å². The van der Waals surface area contributed by atoms with E-state index in [0.29, 0.717) is 32.1 Å². The van der Waals surface area contributed by atoms with Gasteiger partial charge in [-0.15, -0.1) is 0 Å². The first-order chi connectivity index (χ1) is 10.8. The Balaban J connectivity index is 1.73. The molecule has 0 aliphatic heterocycles. The summed E-state index contributed by atoms with van der Waals surface area (Å²) in [6.07, 6.45) is 0.735. The van der Waals surface area contributed by atoms with Gasteiger partial charge in [-0.25, -0.2) is 0 Å². The number of hydrogen-bond donors (Lipinski definition) is 1. The van der Waals surface area contributed by atoms with Crippen molar-refractivity contribution in [1.29, 1.82) is 0 Å². The van der Waals surface area contributed by atoms with Crippen molar-refractivity contribution in [2.24, 2.45) is 0 Å². The number of rotatable bonds is 9. The van der Waals surface area contributed by atoms with Gasteiger partial charge in [0, 0.05) is 31.9 Å². The van der Waals surface area contributed by atoms with Crippen LogP contribution >= 0.6 is 0 Å². The first-order valence-corrected chi connectivity index (χ1v) is 7.18. The molecule has 1 heterocycles. The molecule has 0 fully saturated rings. The van der Waals surface area contributed by atoms with Crippen LogP contribution in [0.5, 0.6) is 0 Å². The van der Waals surface area contributed by atoms with E-state index in [1.54, 1.807) is 13.2 Å². The summed E-state index contributed by atoms with van der Waals surface area (Å²) >= 11 is 0. The van der Waals surface area contributed by atoms with E-state index in [2.05, 4.69) is 10.5 Å². The molecule has 6 heteroatoms. The lowest BCUT2D eigenvalue weighted by molar-refractivity contribution is 0.0688. The molecule has 0 atom stereocenters. The van der Waals surface area contributed by atoms with Gasteiger partial charge in [0.15, 0.2) is 11.5 Å². The Morgan fingerprint density at radius 2 is 2.05 bits per heavy atom. The van der Waals surface area contributed by atoms with Crippen LogP contribution in [0, 0.1) is 0 Å². The molecule has 0 aliphatic carbocycles. The summed E-state index contributed by atoms with van der Waals surface area (Å²) in [5.41, 5.74) is 1.17.